The first-order valence-electron chi connectivity index (χ1n) is 10.9. The second-order valence-corrected chi connectivity index (χ2v) is 8.36. The molecule has 2 aromatic rings. The number of carbonyl (C=O) groups is 1. The summed E-state index contributed by atoms with van der Waals surface area (Å²) in [6.45, 7) is 2.73. The van der Waals surface area contributed by atoms with Crippen LogP contribution in [0.15, 0.2) is 42.6 Å². The minimum Gasteiger partial charge on any atom is -0.494 e. The van der Waals surface area contributed by atoms with E-state index in [4.69, 9.17) is 14.2 Å². The summed E-state index contributed by atoms with van der Waals surface area (Å²) in [6.07, 6.45) is 6.22. The molecule has 2 aliphatic rings. The summed E-state index contributed by atoms with van der Waals surface area (Å²) in [5.41, 5.74) is 0.436. The molecule has 0 bridgehead atoms. The smallest absolute Gasteiger partial charge is 0.255 e. The van der Waals surface area contributed by atoms with Crippen LogP contribution in [0, 0.1) is 11.7 Å². The molecular weight excluding hydrogens is 399 g/mol. The van der Waals surface area contributed by atoms with Crippen LogP contribution in [-0.4, -0.2) is 54.8 Å². The zero-order valence-electron chi connectivity index (χ0n) is 17.9. The van der Waals surface area contributed by atoms with Crippen molar-refractivity contribution in [1.29, 1.82) is 0 Å². The highest BCUT2D eigenvalue weighted by molar-refractivity contribution is 5.94. The zero-order valence-corrected chi connectivity index (χ0v) is 17.9. The summed E-state index contributed by atoms with van der Waals surface area (Å²) in [4.78, 5) is 18.8. The zero-order chi connectivity index (χ0) is 21.7. The number of aromatic nitrogens is 1. The highest BCUT2D eigenvalue weighted by atomic mass is 19.1. The summed E-state index contributed by atoms with van der Waals surface area (Å²) >= 11 is 0. The van der Waals surface area contributed by atoms with Gasteiger partial charge in [0.2, 0.25) is 5.88 Å². The Morgan fingerprint density at radius 3 is 2.68 bits per heavy atom. The van der Waals surface area contributed by atoms with E-state index >= 15 is 0 Å². The molecule has 31 heavy (non-hydrogen) atoms. The van der Waals surface area contributed by atoms with E-state index in [0.717, 1.165) is 38.7 Å². The van der Waals surface area contributed by atoms with Crippen molar-refractivity contribution in [2.45, 2.75) is 37.7 Å². The Hall–Kier alpha value is -2.67. The first-order valence-corrected chi connectivity index (χ1v) is 10.9. The van der Waals surface area contributed by atoms with Crippen LogP contribution in [0.3, 0.4) is 0 Å². The van der Waals surface area contributed by atoms with Crippen LogP contribution >= 0.6 is 0 Å². The van der Waals surface area contributed by atoms with Crippen LogP contribution in [-0.2, 0) is 4.74 Å². The maximum absolute atomic E-state index is 13.0. The lowest BCUT2D eigenvalue weighted by Gasteiger charge is -2.46. The number of halogens is 1. The van der Waals surface area contributed by atoms with Crippen molar-refractivity contribution in [1.82, 2.24) is 9.88 Å². The van der Waals surface area contributed by atoms with Gasteiger partial charge in [-0.1, -0.05) is 0 Å². The van der Waals surface area contributed by atoms with Crippen molar-refractivity contribution in [3.63, 3.8) is 0 Å². The number of methoxy groups -OCH3 is 1. The Morgan fingerprint density at radius 1 is 1.23 bits per heavy atom. The van der Waals surface area contributed by atoms with Crippen LogP contribution < -0.4 is 9.47 Å². The molecule has 0 N–H and O–H groups in total. The number of benzene rings is 1. The molecule has 7 heteroatoms. The molecule has 1 unspecified atom stereocenters. The highest BCUT2D eigenvalue weighted by Crippen LogP contribution is 2.39. The highest BCUT2D eigenvalue weighted by Gasteiger charge is 2.41. The van der Waals surface area contributed by atoms with E-state index in [-0.39, 0.29) is 17.3 Å². The second kappa shape index (κ2) is 9.64. The van der Waals surface area contributed by atoms with Crippen molar-refractivity contribution in [3.05, 3.63) is 54.0 Å². The number of ether oxygens (including phenoxy) is 3. The molecule has 1 spiro atoms. The molecule has 0 radical (unpaired) electrons. The van der Waals surface area contributed by atoms with Gasteiger partial charge >= 0.3 is 0 Å². The Kier molecular flexibility index (Phi) is 6.70. The lowest BCUT2D eigenvalue weighted by molar-refractivity contribution is -0.125. The normalized spacial score (nSPS) is 20.5. The van der Waals surface area contributed by atoms with Crippen LogP contribution in [0.2, 0.25) is 0 Å². The molecule has 1 aromatic carbocycles. The second-order valence-electron chi connectivity index (χ2n) is 8.36. The van der Waals surface area contributed by atoms with Gasteiger partial charge in [0.1, 0.15) is 11.6 Å². The third kappa shape index (κ3) is 5.34. The molecule has 166 valence electrons. The summed E-state index contributed by atoms with van der Waals surface area (Å²) in [5, 5.41) is 0. The predicted molar refractivity (Wildman–Crippen MR) is 114 cm³/mol. The lowest BCUT2D eigenvalue weighted by Crippen LogP contribution is -2.50. The van der Waals surface area contributed by atoms with Gasteiger partial charge in [-0.05, 0) is 68.4 Å². The lowest BCUT2D eigenvalue weighted by atomic mass is 9.78. The molecule has 6 nitrogen and oxygen atoms in total. The summed E-state index contributed by atoms with van der Waals surface area (Å²) in [7, 11) is 1.56. The quantitative estimate of drug-likeness (QED) is 0.693. The van der Waals surface area contributed by atoms with Crippen molar-refractivity contribution in [2.75, 3.05) is 33.4 Å². The molecule has 1 aromatic heterocycles. The molecule has 0 aliphatic carbocycles. The fourth-order valence-electron chi connectivity index (χ4n) is 4.53. The van der Waals surface area contributed by atoms with Gasteiger partial charge in [-0.2, -0.15) is 0 Å². The Balaban J connectivity index is 1.26. The fraction of sp³-hybridized carbons (Fsp3) is 0.500. The monoisotopic (exact) mass is 428 g/mol. The minimum atomic E-state index is -0.258. The molecule has 1 amide bonds. The largest absolute Gasteiger partial charge is 0.494 e. The third-order valence-corrected chi connectivity index (χ3v) is 6.36. The average Bonchev–Trinajstić information content (AvgIpc) is 2.81. The average molecular weight is 429 g/mol. The predicted octanol–water partition coefficient (Wildman–Crippen LogP) is 4.10. The Morgan fingerprint density at radius 2 is 2.00 bits per heavy atom. The number of carbonyl (C=O) groups excluding carboxylic acids is 1. The van der Waals surface area contributed by atoms with E-state index in [1.807, 2.05) is 4.90 Å². The number of likely N-dealkylation sites (tertiary alicyclic amines) is 1. The first kappa shape index (κ1) is 21.6. The van der Waals surface area contributed by atoms with Gasteiger partial charge in [-0.3, -0.25) is 4.79 Å². The van der Waals surface area contributed by atoms with E-state index in [2.05, 4.69) is 4.98 Å². The van der Waals surface area contributed by atoms with Gasteiger partial charge < -0.3 is 19.1 Å². The van der Waals surface area contributed by atoms with E-state index < -0.39 is 0 Å². The molecule has 3 heterocycles. The molecule has 0 saturated carbocycles. The van der Waals surface area contributed by atoms with Crippen molar-refractivity contribution in [3.8, 4) is 11.6 Å². The van der Waals surface area contributed by atoms with Gasteiger partial charge in [0, 0.05) is 32.0 Å². The molecular formula is C24H29FN2O4. The molecule has 2 aliphatic heterocycles. The van der Waals surface area contributed by atoms with Gasteiger partial charge in [0.15, 0.2) is 0 Å². The van der Waals surface area contributed by atoms with E-state index in [1.165, 1.54) is 12.1 Å². The van der Waals surface area contributed by atoms with Crippen molar-refractivity contribution < 1.29 is 23.4 Å². The van der Waals surface area contributed by atoms with Gasteiger partial charge in [-0.15, -0.1) is 0 Å². The van der Waals surface area contributed by atoms with E-state index in [0.29, 0.717) is 42.8 Å². The molecule has 2 saturated heterocycles. The number of rotatable bonds is 6. The van der Waals surface area contributed by atoms with Crippen LogP contribution in [0.1, 0.15) is 42.5 Å². The van der Waals surface area contributed by atoms with Crippen LogP contribution in [0.4, 0.5) is 4.39 Å². The van der Waals surface area contributed by atoms with Gasteiger partial charge in [-0.25, -0.2) is 9.37 Å². The van der Waals surface area contributed by atoms with Crippen LogP contribution in [0.5, 0.6) is 11.6 Å². The topological polar surface area (TPSA) is 60.9 Å². The summed E-state index contributed by atoms with van der Waals surface area (Å²) < 4.78 is 30.1. The minimum absolute atomic E-state index is 0.00469. The number of piperidine rings is 1. The Bertz CT molecular complexity index is 864. The first-order chi connectivity index (χ1) is 15.1. The Labute approximate surface area is 182 Å². The van der Waals surface area contributed by atoms with Gasteiger partial charge in [0.05, 0.1) is 24.9 Å². The van der Waals surface area contributed by atoms with Crippen LogP contribution in [0.25, 0.3) is 0 Å². The molecule has 4 rings (SSSR count). The van der Waals surface area contributed by atoms with Crippen molar-refractivity contribution >= 4 is 5.91 Å². The number of amides is 1. The fourth-order valence-corrected chi connectivity index (χ4v) is 4.53. The SMILES string of the molecule is COc1ccc(C(=O)N2CCC3(CC2)CC(CCOc2ccc(F)cc2)CCO3)cn1. The summed E-state index contributed by atoms with van der Waals surface area (Å²) in [6, 6.07) is 9.61. The standard InChI is InChI=1S/C24H29FN2O4/c1-29-22-7-2-19(17-26-22)23(28)27-12-10-24(11-13-27)16-18(9-15-31-24)8-14-30-21-5-3-20(25)4-6-21/h2-7,17-18H,8-16H2,1H3. The number of hydrogen-bond donors (Lipinski definition) is 0. The van der Waals surface area contributed by atoms with E-state index in [1.54, 1.807) is 37.6 Å². The third-order valence-electron chi connectivity index (χ3n) is 6.36. The van der Waals surface area contributed by atoms with E-state index in [9.17, 15) is 9.18 Å². The summed E-state index contributed by atoms with van der Waals surface area (Å²) in [5.74, 6) is 1.47. The van der Waals surface area contributed by atoms with Crippen molar-refractivity contribution in [2.24, 2.45) is 5.92 Å². The molecule has 1 atom stereocenters. The van der Waals surface area contributed by atoms with Gasteiger partial charge in [0.25, 0.3) is 5.91 Å². The number of hydrogen-bond acceptors (Lipinski definition) is 5. The number of nitrogens with zero attached hydrogens (tertiary/aromatic N) is 2. The maximum Gasteiger partial charge on any atom is 0.255 e. The molecule has 2 fully saturated rings. The maximum atomic E-state index is 13.0. The number of pyridine rings is 1.